The van der Waals surface area contributed by atoms with Crippen LogP contribution >= 0.6 is 0 Å². The molecule has 184 valence electrons. The number of amides is 1. The number of nitrogens with one attached hydrogen (secondary N) is 1. The third-order valence-electron chi connectivity index (χ3n) is 5.32. The molecular weight excluding hydrogens is 438 g/mol. The lowest BCUT2D eigenvalue weighted by Crippen LogP contribution is -2.20. The summed E-state index contributed by atoms with van der Waals surface area (Å²) in [6.45, 7) is 12.2. The molecule has 9 nitrogen and oxygen atoms in total. The SMILES string of the molecule is COc1cc(C=NNC(=O)CCc2cc(C(C)(C)C)c(O)c(C(C)(C)C)c2)cc([N+](=O)[O-])c1O. The predicted octanol–water partition coefficient (Wildman–Crippen LogP) is 4.69. The number of nitro benzene ring substituents is 1. The fourth-order valence-corrected chi connectivity index (χ4v) is 3.46. The summed E-state index contributed by atoms with van der Waals surface area (Å²) >= 11 is 0. The Morgan fingerprint density at radius 3 is 2.09 bits per heavy atom. The number of carbonyl (C=O) groups excluding carboxylic acids is 1. The summed E-state index contributed by atoms with van der Waals surface area (Å²) in [6.07, 6.45) is 1.85. The van der Waals surface area contributed by atoms with Gasteiger partial charge in [0.1, 0.15) is 5.75 Å². The second kappa shape index (κ2) is 10.1. The van der Waals surface area contributed by atoms with Gasteiger partial charge in [0, 0.05) is 18.1 Å². The van der Waals surface area contributed by atoms with Crippen LogP contribution in [0.2, 0.25) is 0 Å². The number of phenolic OH excluding ortho intramolecular Hbond substituents is 2. The van der Waals surface area contributed by atoms with E-state index in [4.69, 9.17) is 4.74 Å². The summed E-state index contributed by atoms with van der Waals surface area (Å²) in [4.78, 5) is 22.7. The summed E-state index contributed by atoms with van der Waals surface area (Å²) in [6, 6.07) is 6.37. The second-order valence-corrected chi connectivity index (χ2v) is 10.2. The van der Waals surface area contributed by atoms with Crippen molar-refractivity contribution >= 4 is 17.8 Å². The van der Waals surface area contributed by atoms with Crippen LogP contribution in [0, 0.1) is 10.1 Å². The van der Waals surface area contributed by atoms with E-state index < -0.39 is 16.4 Å². The number of phenols is 2. The van der Waals surface area contributed by atoms with Crippen molar-refractivity contribution in [3.05, 3.63) is 56.6 Å². The van der Waals surface area contributed by atoms with E-state index in [9.17, 15) is 25.1 Å². The first-order valence-corrected chi connectivity index (χ1v) is 10.9. The Bertz CT molecular complexity index is 1080. The van der Waals surface area contributed by atoms with Crippen molar-refractivity contribution in [1.82, 2.24) is 5.43 Å². The molecule has 2 aromatic carbocycles. The lowest BCUT2D eigenvalue weighted by atomic mass is 9.78. The molecule has 0 fully saturated rings. The number of benzene rings is 2. The van der Waals surface area contributed by atoms with Gasteiger partial charge in [-0.1, -0.05) is 53.7 Å². The van der Waals surface area contributed by atoms with Crippen molar-refractivity contribution in [2.75, 3.05) is 7.11 Å². The Hall–Kier alpha value is -3.62. The van der Waals surface area contributed by atoms with E-state index in [0.717, 1.165) is 22.8 Å². The van der Waals surface area contributed by atoms with Crippen molar-refractivity contribution < 1.29 is 24.7 Å². The monoisotopic (exact) mass is 471 g/mol. The normalized spacial score (nSPS) is 12.1. The van der Waals surface area contributed by atoms with E-state index in [1.165, 1.54) is 19.4 Å². The van der Waals surface area contributed by atoms with Crippen LogP contribution in [0.25, 0.3) is 0 Å². The highest BCUT2D eigenvalue weighted by Crippen LogP contribution is 2.40. The number of aryl methyl sites for hydroxylation is 1. The molecule has 0 saturated heterocycles. The summed E-state index contributed by atoms with van der Waals surface area (Å²) < 4.78 is 4.95. The van der Waals surface area contributed by atoms with Crippen molar-refractivity contribution in [1.29, 1.82) is 0 Å². The molecule has 1 amide bonds. The van der Waals surface area contributed by atoms with Crippen LogP contribution in [0.5, 0.6) is 17.2 Å². The molecule has 0 saturated carbocycles. The van der Waals surface area contributed by atoms with E-state index in [-0.39, 0.29) is 40.2 Å². The van der Waals surface area contributed by atoms with E-state index in [1.807, 2.05) is 53.7 Å². The minimum absolute atomic E-state index is 0.0707. The Labute approximate surface area is 199 Å². The van der Waals surface area contributed by atoms with Crippen molar-refractivity contribution in [2.24, 2.45) is 5.10 Å². The first-order chi connectivity index (χ1) is 15.6. The maximum atomic E-state index is 12.3. The number of nitrogens with zero attached hydrogens (tertiary/aromatic N) is 2. The lowest BCUT2D eigenvalue weighted by molar-refractivity contribution is -0.386. The topological polar surface area (TPSA) is 134 Å². The molecule has 0 aliphatic heterocycles. The van der Waals surface area contributed by atoms with Crippen molar-refractivity contribution in [3.8, 4) is 17.2 Å². The van der Waals surface area contributed by atoms with Gasteiger partial charge in [-0.3, -0.25) is 14.9 Å². The first kappa shape index (κ1) is 26.6. The lowest BCUT2D eigenvalue weighted by Gasteiger charge is -2.28. The van der Waals surface area contributed by atoms with E-state index in [1.54, 1.807) is 0 Å². The molecule has 34 heavy (non-hydrogen) atoms. The highest BCUT2D eigenvalue weighted by atomic mass is 16.6. The van der Waals surface area contributed by atoms with Gasteiger partial charge in [-0.25, -0.2) is 5.43 Å². The quantitative estimate of drug-likeness (QED) is 0.305. The number of hydrogen-bond acceptors (Lipinski definition) is 7. The minimum Gasteiger partial charge on any atom is -0.507 e. The molecule has 0 atom stereocenters. The molecule has 0 aromatic heterocycles. The Morgan fingerprint density at radius 2 is 1.62 bits per heavy atom. The van der Waals surface area contributed by atoms with Gasteiger partial charge < -0.3 is 14.9 Å². The molecule has 0 aliphatic carbocycles. The fraction of sp³-hybridized carbons (Fsp3) is 0.440. The summed E-state index contributed by atoms with van der Waals surface area (Å²) in [7, 11) is 1.28. The van der Waals surface area contributed by atoms with Gasteiger partial charge in [-0.15, -0.1) is 0 Å². The Morgan fingerprint density at radius 1 is 1.06 bits per heavy atom. The smallest absolute Gasteiger partial charge is 0.315 e. The van der Waals surface area contributed by atoms with Crippen LogP contribution in [0.3, 0.4) is 0 Å². The van der Waals surface area contributed by atoms with Gasteiger partial charge >= 0.3 is 5.69 Å². The number of methoxy groups -OCH3 is 1. The Kier molecular flexibility index (Phi) is 7.92. The molecule has 0 aliphatic rings. The highest BCUT2D eigenvalue weighted by Gasteiger charge is 2.26. The van der Waals surface area contributed by atoms with E-state index in [0.29, 0.717) is 6.42 Å². The van der Waals surface area contributed by atoms with Crippen LogP contribution in [0.1, 0.15) is 70.2 Å². The number of carbonyl (C=O) groups is 1. The molecule has 0 spiro atoms. The van der Waals surface area contributed by atoms with Crippen LogP contribution in [0.15, 0.2) is 29.4 Å². The van der Waals surface area contributed by atoms with E-state index in [2.05, 4.69) is 10.5 Å². The zero-order valence-corrected chi connectivity index (χ0v) is 20.7. The fourth-order valence-electron chi connectivity index (χ4n) is 3.46. The predicted molar refractivity (Wildman–Crippen MR) is 131 cm³/mol. The number of aromatic hydroxyl groups is 2. The maximum Gasteiger partial charge on any atom is 0.315 e. The summed E-state index contributed by atoms with van der Waals surface area (Å²) in [5.41, 5.74) is 4.24. The van der Waals surface area contributed by atoms with Crippen molar-refractivity contribution in [3.63, 3.8) is 0 Å². The van der Waals surface area contributed by atoms with Gasteiger partial charge in [-0.05, 0) is 40.0 Å². The molecule has 2 rings (SSSR count). The van der Waals surface area contributed by atoms with Crippen molar-refractivity contribution in [2.45, 2.75) is 65.2 Å². The second-order valence-electron chi connectivity index (χ2n) is 10.2. The van der Waals surface area contributed by atoms with Gasteiger partial charge in [0.05, 0.1) is 18.2 Å². The molecule has 2 aromatic rings. The van der Waals surface area contributed by atoms with Gasteiger partial charge in [0.25, 0.3) is 0 Å². The number of ether oxygens (including phenoxy) is 1. The molecule has 0 unspecified atom stereocenters. The molecule has 3 N–H and O–H groups in total. The van der Waals surface area contributed by atoms with Crippen LogP contribution in [-0.4, -0.2) is 34.4 Å². The largest absolute Gasteiger partial charge is 0.507 e. The standard InChI is InChI=1S/C25H33N3O6/c1-24(2,3)17-10-15(11-18(22(17)30)25(4,5)6)8-9-21(29)27-26-14-16-12-19(28(32)33)23(31)20(13-16)34-7/h10-14,30-31H,8-9H2,1-7H3,(H,27,29). The van der Waals surface area contributed by atoms with Crippen LogP contribution in [-0.2, 0) is 22.0 Å². The maximum absolute atomic E-state index is 12.3. The average Bonchev–Trinajstić information content (AvgIpc) is 2.71. The third-order valence-corrected chi connectivity index (χ3v) is 5.32. The molecule has 0 radical (unpaired) electrons. The van der Waals surface area contributed by atoms with E-state index >= 15 is 0 Å². The van der Waals surface area contributed by atoms with Gasteiger partial charge in [-0.2, -0.15) is 5.10 Å². The molecular formula is C25H33N3O6. The Balaban J connectivity index is 2.15. The summed E-state index contributed by atoms with van der Waals surface area (Å²) in [5, 5.41) is 35.6. The minimum atomic E-state index is -0.733. The molecule has 0 bridgehead atoms. The van der Waals surface area contributed by atoms with Gasteiger partial charge in [0.15, 0.2) is 5.75 Å². The van der Waals surface area contributed by atoms with Crippen LogP contribution in [0.4, 0.5) is 5.69 Å². The van der Waals surface area contributed by atoms with Crippen LogP contribution < -0.4 is 10.2 Å². The highest BCUT2D eigenvalue weighted by molar-refractivity contribution is 5.85. The number of hydrazone groups is 1. The van der Waals surface area contributed by atoms with Gasteiger partial charge in [0.2, 0.25) is 11.7 Å². The number of rotatable bonds is 7. The number of nitro groups is 1. The zero-order chi connectivity index (χ0) is 25.8. The molecule has 9 heteroatoms. The molecule has 0 heterocycles. The first-order valence-electron chi connectivity index (χ1n) is 10.9. The third kappa shape index (κ3) is 6.46. The average molecular weight is 472 g/mol. The number of hydrogen-bond donors (Lipinski definition) is 3. The summed E-state index contributed by atoms with van der Waals surface area (Å²) in [5.74, 6) is -0.694. The zero-order valence-electron chi connectivity index (χ0n) is 20.7.